The standard InChI is InChI=1S/C9H15NO/c1-3-5-8(7-10)9(11)6-4-2/h2,8H,3,5-7,10H2,1H3. The Morgan fingerprint density at radius 1 is 1.73 bits per heavy atom. The van der Waals surface area contributed by atoms with Crippen LogP contribution in [0.1, 0.15) is 26.2 Å². The molecule has 2 nitrogen and oxygen atoms in total. The highest BCUT2D eigenvalue weighted by atomic mass is 16.1. The third kappa shape index (κ3) is 3.79. The summed E-state index contributed by atoms with van der Waals surface area (Å²) in [5.74, 6) is 2.43. The molecule has 0 aromatic carbocycles. The Morgan fingerprint density at radius 3 is 2.73 bits per heavy atom. The van der Waals surface area contributed by atoms with E-state index < -0.39 is 0 Å². The zero-order valence-corrected chi connectivity index (χ0v) is 6.97. The van der Waals surface area contributed by atoms with Gasteiger partial charge in [0.2, 0.25) is 0 Å². The van der Waals surface area contributed by atoms with Crippen LogP contribution >= 0.6 is 0 Å². The van der Waals surface area contributed by atoms with Gasteiger partial charge in [-0.15, -0.1) is 6.42 Å². The molecule has 0 amide bonds. The van der Waals surface area contributed by atoms with Crippen LogP contribution in [0.2, 0.25) is 0 Å². The van der Waals surface area contributed by atoms with Crippen LogP contribution in [-0.2, 0) is 4.79 Å². The highest BCUT2D eigenvalue weighted by Crippen LogP contribution is 2.07. The van der Waals surface area contributed by atoms with Gasteiger partial charge in [0.05, 0.1) is 6.42 Å². The molecule has 2 heteroatoms. The van der Waals surface area contributed by atoms with Crippen LogP contribution in [-0.4, -0.2) is 12.3 Å². The predicted molar refractivity (Wildman–Crippen MR) is 45.9 cm³/mol. The van der Waals surface area contributed by atoms with E-state index in [-0.39, 0.29) is 18.1 Å². The summed E-state index contributed by atoms with van der Waals surface area (Å²) in [5, 5.41) is 0. The van der Waals surface area contributed by atoms with E-state index in [1.165, 1.54) is 0 Å². The van der Waals surface area contributed by atoms with Gasteiger partial charge in [-0.05, 0) is 6.42 Å². The van der Waals surface area contributed by atoms with Gasteiger partial charge < -0.3 is 5.73 Å². The average molecular weight is 153 g/mol. The Kier molecular flexibility index (Phi) is 5.50. The van der Waals surface area contributed by atoms with E-state index in [2.05, 4.69) is 5.92 Å². The van der Waals surface area contributed by atoms with E-state index >= 15 is 0 Å². The molecule has 0 aliphatic heterocycles. The number of terminal acetylenes is 1. The molecule has 0 aliphatic rings. The maximum Gasteiger partial charge on any atom is 0.149 e. The molecule has 0 saturated carbocycles. The van der Waals surface area contributed by atoms with E-state index in [1.807, 2.05) is 6.92 Å². The molecule has 0 spiro atoms. The summed E-state index contributed by atoms with van der Waals surface area (Å²) in [6, 6.07) is 0. The Hall–Kier alpha value is -0.810. The van der Waals surface area contributed by atoms with Crippen LogP contribution in [0.25, 0.3) is 0 Å². The van der Waals surface area contributed by atoms with Gasteiger partial charge in [0.25, 0.3) is 0 Å². The minimum absolute atomic E-state index is 0.0175. The lowest BCUT2D eigenvalue weighted by molar-refractivity contribution is -0.121. The molecular formula is C9H15NO. The van der Waals surface area contributed by atoms with Crippen LogP contribution in [0.3, 0.4) is 0 Å². The van der Waals surface area contributed by atoms with Crippen molar-refractivity contribution in [1.82, 2.24) is 0 Å². The normalized spacial score (nSPS) is 12.1. The topological polar surface area (TPSA) is 43.1 Å². The highest BCUT2D eigenvalue weighted by Gasteiger charge is 2.13. The van der Waals surface area contributed by atoms with Crippen molar-refractivity contribution in [3.05, 3.63) is 0 Å². The van der Waals surface area contributed by atoms with Crippen LogP contribution < -0.4 is 5.73 Å². The quantitative estimate of drug-likeness (QED) is 0.598. The van der Waals surface area contributed by atoms with Crippen molar-refractivity contribution >= 4 is 5.78 Å². The van der Waals surface area contributed by atoms with E-state index in [1.54, 1.807) is 0 Å². The van der Waals surface area contributed by atoms with Crippen molar-refractivity contribution in [3.63, 3.8) is 0 Å². The number of carbonyl (C=O) groups excluding carboxylic acids is 1. The summed E-state index contributed by atoms with van der Waals surface area (Å²) in [4.78, 5) is 11.1. The summed E-state index contributed by atoms with van der Waals surface area (Å²) >= 11 is 0. The van der Waals surface area contributed by atoms with Crippen LogP contribution in [0.4, 0.5) is 0 Å². The summed E-state index contributed by atoms with van der Waals surface area (Å²) in [6.07, 6.45) is 7.07. The fourth-order valence-electron chi connectivity index (χ4n) is 1.00. The largest absolute Gasteiger partial charge is 0.330 e. The van der Waals surface area contributed by atoms with Gasteiger partial charge >= 0.3 is 0 Å². The average Bonchev–Trinajstić information content (AvgIpc) is 2.00. The minimum Gasteiger partial charge on any atom is -0.330 e. The molecule has 1 unspecified atom stereocenters. The van der Waals surface area contributed by atoms with Crippen molar-refractivity contribution in [2.24, 2.45) is 11.7 Å². The first-order chi connectivity index (χ1) is 5.26. The summed E-state index contributed by atoms with van der Waals surface area (Å²) in [5.41, 5.74) is 5.40. The van der Waals surface area contributed by atoms with Crippen LogP contribution in [0, 0.1) is 18.3 Å². The molecule has 1 atom stereocenters. The summed E-state index contributed by atoms with van der Waals surface area (Å²) in [6.45, 7) is 2.46. The first kappa shape index (κ1) is 10.2. The fraction of sp³-hybridized carbons (Fsp3) is 0.667. The monoisotopic (exact) mass is 153 g/mol. The number of ketones is 1. The second-order valence-electron chi connectivity index (χ2n) is 2.57. The van der Waals surface area contributed by atoms with Gasteiger partial charge in [0.15, 0.2) is 0 Å². The van der Waals surface area contributed by atoms with Crippen LogP contribution in [0.15, 0.2) is 0 Å². The smallest absolute Gasteiger partial charge is 0.149 e. The molecule has 0 bridgehead atoms. The Labute approximate surface area is 68.2 Å². The van der Waals surface area contributed by atoms with Crippen molar-refractivity contribution in [1.29, 1.82) is 0 Å². The number of carbonyl (C=O) groups is 1. The molecule has 0 fully saturated rings. The van der Waals surface area contributed by atoms with Crippen molar-refractivity contribution in [2.45, 2.75) is 26.2 Å². The molecule has 0 aliphatic carbocycles. The maximum absolute atomic E-state index is 11.1. The zero-order valence-electron chi connectivity index (χ0n) is 6.97. The number of hydrogen-bond acceptors (Lipinski definition) is 2. The van der Waals surface area contributed by atoms with Gasteiger partial charge in [0.1, 0.15) is 5.78 Å². The Balaban J connectivity index is 3.83. The lowest BCUT2D eigenvalue weighted by Crippen LogP contribution is -2.22. The van der Waals surface area contributed by atoms with E-state index in [0.717, 1.165) is 12.8 Å². The molecule has 0 rings (SSSR count). The third-order valence-corrected chi connectivity index (χ3v) is 1.65. The highest BCUT2D eigenvalue weighted by molar-refractivity contribution is 5.83. The number of Topliss-reactive ketones (excluding diaryl/α,β-unsaturated/α-hetero) is 1. The van der Waals surface area contributed by atoms with Crippen LogP contribution in [0.5, 0.6) is 0 Å². The predicted octanol–water partition coefficient (Wildman–Crippen LogP) is 0.954. The fourth-order valence-corrected chi connectivity index (χ4v) is 1.00. The molecule has 11 heavy (non-hydrogen) atoms. The number of hydrogen-bond donors (Lipinski definition) is 1. The molecule has 0 aromatic rings. The third-order valence-electron chi connectivity index (χ3n) is 1.65. The Bertz CT molecular complexity index is 157. The number of nitrogens with two attached hydrogens (primary N) is 1. The van der Waals surface area contributed by atoms with Gasteiger partial charge in [-0.25, -0.2) is 0 Å². The molecule has 62 valence electrons. The zero-order chi connectivity index (χ0) is 8.69. The van der Waals surface area contributed by atoms with Gasteiger partial charge in [-0.1, -0.05) is 19.3 Å². The van der Waals surface area contributed by atoms with Gasteiger partial charge in [-0.2, -0.15) is 0 Å². The maximum atomic E-state index is 11.1. The molecule has 0 aromatic heterocycles. The minimum atomic E-state index is -0.0175. The van der Waals surface area contributed by atoms with Crippen molar-refractivity contribution < 1.29 is 4.79 Å². The molecule has 0 saturated heterocycles. The van der Waals surface area contributed by atoms with E-state index in [4.69, 9.17) is 12.2 Å². The Morgan fingerprint density at radius 2 is 2.36 bits per heavy atom. The molecular weight excluding hydrogens is 138 g/mol. The number of rotatable bonds is 5. The van der Waals surface area contributed by atoms with Crippen molar-refractivity contribution in [3.8, 4) is 12.3 Å². The van der Waals surface area contributed by atoms with Gasteiger partial charge in [-0.3, -0.25) is 4.79 Å². The summed E-state index contributed by atoms with van der Waals surface area (Å²) in [7, 11) is 0. The lowest BCUT2D eigenvalue weighted by atomic mass is 9.97. The van der Waals surface area contributed by atoms with Gasteiger partial charge in [0, 0.05) is 12.5 Å². The van der Waals surface area contributed by atoms with E-state index in [9.17, 15) is 4.79 Å². The van der Waals surface area contributed by atoms with Crippen molar-refractivity contribution in [2.75, 3.05) is 6.54 Å². The first-order valence-electron chi connectivity index (χ1n) is 3.92. The SMILES string of the molecule is C#CCC(=O)C(CN)CCC. The molecule has 0 heterocycles. The second-order valence-corrected chi connectivity index (χ2v) is 2.57. The van der Waals surface area contributed by atoms with E-state index in [0.29, 0.717) is 6.54 Å². The first-order valence-corrected chi connectivity index (χ1v) is 3.92. The lowest BCUT2D eigenvalue weighted by Gasteiger charge is -2.09. The summed E-state index contributed by atoms with van der Waals surface area (Å²) < 4.78 is 0. The molecule has 2 N–H and O–H groups in total. The second kappa shape index (κ2) is 5.94. The molecule has 0 radical (unpaired) electrons.